The van der Waals surface area contributed by atoms with Crippen LogP contribution in [-0.4, -0.2) is 31.1 Å². The van der Waals surface area contributed by atoms with Gasteiger partial charge in [-0.3, -0.25) is 0 Å². The third-order valence-corrected chi connectivity index (χ3v) is 3.33. The lowest BCUT2D eigenvalue weighted by atomic mass is 9.97. The number of halogens is 2. The Hall–Kier alpha value is -1.16. The Labute approximate surface area is 107 Å². The zero-order valence-electron chi connectivity index (χ0n) is 10.7. The fourth-order valence-electron chi connectivity index (χ4n) is 2.21. The van der Waals surface area contributed by atoms with Crippen molar-refractivity contribution in [1.29, 1.82) is 0 Å². The fourth-order valence-corrected chi connectivity index (χ4v) is 2.21. The van der Waals surface area contributed by atoms with Crippen molar-refractivity contribution in [2.75, 3.05) is 26.2 Å². The maximum atomic E-state index is 12.9. The largest absolute Gasteiger partial charge is 0.493 e. The lowest BCUT2D eigenvalue weighted by Crippen LogP contribution is -2.46. The normalized spacial score (nSPS) is 16.6. The first-order valence-corrected chi connectivity index (χ1v) is 6.48. The maximum absolute atomic E-state index is 12.9. The van der Waals surface area contributed by atoms with Crippen molar-refractivity contribution in [3.05, 3.63) is 29.8 Å². The van der Waals surface area contributed by atoms with E-state index >= 15 is 0 Å². The Bertz CT molecular complexity index is 371. The van der Waals surface area contributed by atoms with Crippen molar-refractivity contribution in [2.24, 2.45) is 5.92 Å². The molecule has 0 aliphatic carbocycles. The molecule has 1 aromatic carbocycles. The molecule has 0 radical (unpaired) electrons. The minimum absolute atomic E-state index is 0.266. The molecular weight excluding hydrogens is 236 g/mol. The topological polar surface area (TPSA) is 12.5 Å². The molecule has 18 heavy (non-hydrogen) atoms. The summed E-state index contributed by atoms with van der Waals surface area (Å²) >= 11 is 0. The van der Waals surface area contributed by atoms with Gasteiger partial charge in [-0.2, -0.15) is 0 Å². The molecule has 4 heteroatoms. The molecule has 1 aromatic rings. The summed E-state index contributed by atoms with van der Waals surface area (Å²) in [7, 11) is 0. The zero-order valence-corrected chi connectivity index (χ0v) is 10.7. The van der Waals surface area contributed by atoms with Gasteiger partial charge in [0.1, 0.15) is 17.4 Å². The molecule has 0 saturated carbocycles. The van der Waals surface area contributed by atoms with Crippen LogP contribution in [0.15, 0.2) is 18.2 Å². The number of hydrogen-bond donors (Lipinski definition) is 0. The highest BCUT2D eigenvalue weighted by atomic mass is 19.1. The molecule has 2 rings (SSSR count). The summed E-state index contributed by atoms with van der Waals surface area (Å²) in [6.07, 6.45) is 2.13. The summed E-state index contributed by atoms with van der Waals surface area (Å²) in [5, 5.41) is 0. The van der Waals surface area contributed by atoms with Crippen molar-refractivity contribution >= 4 is 0 Å². The van der Waals surface area contributed by atoms with Gasteiger partial charge >= 0.3 is 0 Å². The van der Waals surface area contributed by atoms with Gasteiger partial charge in [-0.15, -0.1) is 0 Å². The van der Waals surface area contributed by atoms with Crippen molar-refractivity contribution in [2.45, 2.75) is 19.8 Å². The summed E-state index contributed by atoms with van der Waals surface area (Å²) in [5.41, 5.74) is 0. The van der Waals surface area contributed by atoms with Gasteiger partial charge in [0.05, 0.1) is 6.61 Å². The Balaban J connectivity index is 1.63. The first-order valence-electron chi connectivity index (χ1n) is 6.48. The van der Waals surface area contributed by atoms with Crippen LogP contribution in [0.25, 0.3) is 0 Å². The van der Waals surface area contributed by atoms with Crippen LogP contribution in [-0.2, 0) is 0 Å². The molecule has 0 amide bonds. The average molecular weight is 255 g/mol. The summed E-state index contributed by atoms with van der Waals surface area (Å²) in [6, 6.07) is 3.26. The second-order valence-corrected chi connectivity index (χ2v) is 4.84. The SMILES string of the molecule is CCC1CN(CCCOc2cc(F)cc(F)c2)C1. The van der Waals surface area contributed by atoms with Gasteiger partial charge in [0.25, 0.3) is 0 Å². The van der Waals surface area contributed by atoms with Gasteiger partial charge in [0.2, 0.25) is 0 Å². The van der Waals surface area contributed by atoms with Gasteiger partial charge in [-0.1, -0.05) is 13.3 Å². The summed E-state index contributed by atoms with van der Waals surface area (Å²) < 4.78 is 31.1. The predicted molar refractivity (Wildman–Crippen MR) is 66.7 cm³/mol. The molecular formula is C14H19F2NO. The van der Waals surface area contributed by atoms with Gasteiger partial charge in [0.15, 0.2) is 0 Å². The van der Waals surface area contributed by atoms with E-state index in [9.17, 15) is 8.78 Å². The van der Waals surface area contributed by atoms with E-state index in [0.717, 1.165) is 24.9 Å². The highest BCUT2D eigenvalue weighted by Crippen LogP contribution is 2.19. The molecule has 1 aliphatic rings. The van der Waals surface area contributed by atoms with Crippen LogP contribution in [0.5, 0.6) is 5.75 Å². The second-order valence-electron chi connectivity index (χ2n) is 4.84. The van der Waals surface area contributed by atoms with Gasteiger partial charge in [-0.25, -0.2) is 8.78 Å². The van der Waals surface area contributed by atoms with E-state index in [1.54, 1.807) is 0 Å². The molecule has 0 spiro atoms. The Morgan fingerprint density at radius 1 is 1.22 bits per heavy atom. The van der Waals surface area contributed by atoms with Crippen LogP contribution >= 0.6 is 0 Å². The Morgan fingerprint density at radius 3 is 2.50 bits per heavy atom. The van der Waals surface area contributed by atoms with E-state index in [1.807, 2.05) is 0 Å². The number of nitrogens with zero attached hydrogens (tertiary/aromatic N) is 1. The maximum Gasteiger partial charge on any atom is 0.129 e. The van der Waals surface area contributed by atoms with E-state index < -0.39 is 11.6 Å². The lowest BCUT2D eigenvalue weighted by molar-refractivity contribution is 0.0909. The lowest BCUT2D eigenvalue weighted by Gasteiger charge is -2.38. The molecule has 1 fully saturated rings. The minimum Gasteiger partial charge on any atom is -0.493 e. The first kappa shape index (κ1) is 13.3. The molecule has 1 heterocycles. The summed E-state index contributed by atoms with van der Waals surface area (Å²) in [6.45, 7) is 6.05. The van der Waals surface area contributed by atoms with Gasteiger partial charge < -0.3 is 9.64 Å². The summed E-state index contributed by atoms with van der Waals surface area (Å²) in [4.78, 5) is 2.38. The molecule has 2 nitrogen and oxygen atoms in total. The molecule has 0 bridgehead atoms. The quantitative estimate of drug-likeness (QED) is 0.724. The molecule has 0 aromatic heterocycles. The standard InChI is InChI=1S/C14H19F2NO/c1-2-11-9-17(10-11)4-3-5-18-14-7-12(15)6-13(16)8-14/h6-8,11H,2-5,9-10H2,1H3. The highest BCUT2D eigenvalue weighted by Gasteiger charge is 2.23. The predicted octanol–water partition coefficient (Wildman–Crippen LogP) is 3.08. The summed E-state index contributed by atoms with van der Waals surface area (Å²) in [5.74, 6) is -0.0807. The number of benzene rings is 1. The van der Waals surface area contributed by atoms with Crippen LogP contribution in [0.3, 0.4) is 0 Å². The third kappa shape index (κ3) is 3.67. The van der Waals surface area contributed by atoms with E-state index in [2.05, 4.69) is 11.8 Å². The second kappa shape index (κ2) is 6.14. The minimum atomic E-state index is -0.599. The van der Waals surface area contributed by atoms with Crippen LogP contribution < -0.4 is 4.74 Å². The number of ether oxygens (including phenoxy) is 1. The van der Waals surface area contributed by atoms with Crippen LogP contribution in [0, 0.1) is 17.6 Å². The van der Waals surface area contributed by atoms with E-state index in [-0.39, 0.29) is 5.75 Å². The van der Waals surface area contributed by atoms with E-state index in [1.165, 1.54) is 31.6 Å². The van der Waals surface area contributed by atoms with E-state index in [4.69, 9.17) is 4.74 Å². The first-order chi connectivity index (χ1) is 8.67. The van der Waals surface area contributed by atoms with Gasteiger partial charge in [0, 0.05) is 37.8 Å². The Kier molecular flexibility index (Phi) is 4.53. The third-order valence-electron chi connectivity index (χ3n) is 3.33. The molecule has 0 unspecified atom stereocenters. The fraction of sp³-hybridized carbons (Fsp3) is 0.571. The smallest absolute Gasteiger partial charge is 0.129 e. The molecule has 0 N–H and O–H groups in total. The van der Waals surface area contributed by atoms with Crippen molar-refractivity contribution in [3.8, 4) is 5.75 Å². The van der Waals surface area contributed by atoms with Crippen molar-refractivity contribution in [3.63, 3.8) is 0 Å². The average Bonchev–Trinajstić information content (AvgIpc) is 2.25. The molecule has 1 aliphatic heterocycles. The van der Waals surface area contributed by atoms with Gasteiger partial charge in [-0.05, 0) is 12.3 Å². The molecule has 100 valence electrons. The van der Waals surface area contributed by atoms with Crippen LogP contribution in [0.1, 0.15) is 19.8 Å². The Morgan fingerprint density at radius 2 is 1.89 bits per heavy atom. The number of rotatable bonds is 6. The highest BCUT2D eigenvalue weighted by molar-refractivity contribution is 5.23. The number of hydrogen-bond acceptors (Lipinski definition) is 2. The monoisotopic (exact) mass is 255 g/mol. The molecule has 0 atom stereocenters. The van der Waals surface area contributed by atoms with Crippen LogP contribution in [0.4, 0.5) is 8.78 Å². The zero-order chi connectivity index (χ0) is 13.0. The number of likely N-dealkylation sites (tertiary alicyclic amines) is 1. The van der Waals surface area contributed by atoms with E-state index in [0.29, 0.717) is 6.61 Å². The van der Waals surface area contributed by atoms with Crippen LogP contribution in [0.2, 0.25) is 0 Å². The van der Waals surface area contributed by atoms with Crippen molar-refractivity contribution in [1.82, 2.24) is 4.90 Å². The van der Waals surface area contributed by atoms with Crippen molar-refractivity contribution < 1.29 is 13.5 Å². The molecule has 1 saturated heterocycles.